The first-order chi connectivity index (χ1) is 14.9. The molecular weight excluding hydrogens is 416 g/mol. The number of benzene rings is 2. The van der Waals surface area contributed by atoms with Gasteiger partial charge >= 0.3 is 11.9 Å². The monoisotopic (exact) mass is 440 g/mol. The van der Waals surface area contributed by atoms with E-state index in [1.54, 1.807) is 61.3 Å². The number of thiocarbonyl (C=S) groups is 1. The van der Waals surface area contributed by atoms with Gasteiger partial charge in [-0.2, -0.15) is 0 Å². The smallest absolute Gasteiger partial charge is 0.343 e. The van der Waals surface area contributed by atoms with Crippen molar-refractivity contribution >= 4 is 29.3 Å². The molecule has 1 aliphatic rings. The fraction of sp³-hybridized carbons (Fsp3) is 0.261. The molecule has 0 aromatic heterocycles. The summed E-state index contributed by atoms with van der Waals surface area (Å²) in [6, 6.07) is 13.3. The first kappa shape index (κ1) is 22.3. The van der Waals surface area contributed by atoms with Crippen LogP contribution in [0.1, 0.15) is 35.8 Å². The number of allylic oxidation sites excluding steroid dienone is 1. The van der Waals surface area contributed by atoms with E-state index in [9.17, 15) is 9.59 Å². The Hall–Kier alpha value is -3.39. The largest absolute Gasteiger partial charge is 0.493 e. The minimum atomic E-state index is -0.532. The van der Waals surface area contributed by atoms with Gasteiger partial charge in [0.25, 0.3) is 0 Å². The van der Waals surface area contributed by atoms with Crippen molar-refractivity contribution in [1.82, 2.24) is 10.2 Å². The molecule has 1 aliphatic heterocycles. The number of esters is 2. The van der Waals surface area contributed by atoms with E-state index in [2.05, 4.69) is 5.32 Å². The van der Waals surface area contributed by atoms with Crippen molar-refractivity contribution in [2.24, 2.45) is 0 Å². The second kappa shape index (κ2) is 9.61. The molecule has 0 unspecified atom stereocenters. The third-order valence-corrected chi connectivity index (χ3v) is 5.37. The summed E-state index contributed by atoms with van der Waals surface area (Å²) in [5, 5.41) is 3.66. The molecule has 8 heteroatoms. The summed E-state index contributed by atoms with van der Waals surface area (Å²) in [6.45, 7) is 3.83. The van der Waals surface area contributed by atoms with Crippen molar-refractivity contribution in [3.05, 3.63) is 70.9 Å². The van der Waals surface area contributed by atoms with Gasteiger partial charge in [0.1, 0.15) is 0 Å². The van der Waals surface area contributed by atoms with Crippen LogP contribution in [0.3, 0.4) is 0 Å². The number of rotatable bonds is 6. The predicted molar refractivity (Wildman–Crippen MR) is 120 cm³/mol. The molecule has 0 fully saturated rings. The Balaban J connectivity index is 1.96. The molecule has 7 nitrogen and oxygen atoms in total. The van der Waals surface area contributed by atoms with Gasteiger partial charge in [-0.15, -0.1) is 0 Å². The summed E-state index contributed by atoms with van der Waals surface area (Å²) in [5.41, 5.74) is 2.30. The molecule has 0 bridgehead atoms. The minimum Gasteiger partial charge on any atom is -0.493 e. The highest BCUT2D eigenvalue weighted by Gasteiger charge is 2.34. The number of carbonyl (C=O) groups excluding carboxylic acids is 2. The number of methoxy groups -OCH3 is 1. The van der Waals surface area contributed by atoms with E-state index in [0.29, 0.717) is 33.3 Å². The molecule has 0 aliphatic carbocycles. The van der Waals surface area contributed by atoms with Gasteiger partial charge in [-0.1, -0.05) is 24.3 Å². The van der Waals surface area contributed by atoms with Gasteiger partial charge in [0.05, 0.1) is 30.9 Å². The number of ether oxygens (including phenoxy) is 3. The summed E-state index contributed by atoms with van der Waals surface area (Å²) in [4.78, 5) is 26.8. The van der Waals surface area contributed by atoms with Gasteiger partial charge in [-0.3, -0.25) is 0 Å². The van der Waals surface area contributed by atoms with Crippen molar-refractivity contribution in [3.8, 4) is 11.5 Å². The third kappa shape index (κ3) is 4.69. The summed E-state index contributed by atoms with van der Waals surface area (Å²) >= 11 is 5.41. The summed E-state index contributed by atoms with van der Waals surface area (Å²) in [7, 11) is 3.27. The van der Waals surface area contributed by atoms with E-state index in [-0.39, 0.29) is 12.4 Å². The first-order valence-electron chi connectivity index (χ1n) is 9.74. The molecule has 0 saturated carbocycles. The lowest BCUT2D eigenvalue weighted by molar-refractivity contribution is -0.139. The molecule has 2 aromatic carbocycles. The molecule has 162 valence electrons. The maximum Gasteiger partial charge on any atom is 0.343 e. The van der Waals surface area contributed by atoms with Crippen molar-refractivity contribution in [2.45, 2.75) is 19.9 Å². The maximum absolute atomic E-state index is 12.7. The lowest BCUT2D eigenvalue weighted by Gasteiger charge is -2.35. The number of nitrogens with zero attached hydrogens (tertiary/aromatic N) is 1. The SMILES string of the molecule is CCOC(=O)C1=C(C)N(C)C(=S)N[C@H]1c1ccc(OC(=O)c2ccccc2)c(OC)c1. The number of carbonyl (C=O) groups is 2. The summed E-state index contributed by atoms with van der Waals surface area (Å²) in [5.74, 6) is -0.290. The fourth-order valence-electron chi connectivity index (χ4n) is 3.24. The Morgan fingerprint density at radius 2 is 1.81 bits per heavy atom. The van der Waals surface area contributed by atoms with Gasteiger partial charge in [0.2, 0.25) is 0 Å². The average Bonchev–Trinajstić information content (AvgIpc) is 2.78. The Labute approximate surface area is 186 Å². The highest BCUT2D eigenvalue weighted by atomic mass is 32.1. The standard InChI is InChI=1S/C23H24N2O5S/c1-5-29-22(27)19-14(2)25(3)23(31)24-20(19)16-11-12-17(18(13-16)28-4)30-21(26)15-9-7-6-8-10-15/h6-13,20H,5H2,1-4H3,(H,24,31)/t20-/m0/s1. The number of nitrogens with one attached hydrogen (secondary N) is 1. The molecule has 1 heterocycles. The Bertz CT molecular complexity index is 1040. The van der Waals surface area contributed by atoms with Crippen molar-refractivity contribution in [3.63, 3.8) is 0 Å². The highest BCUT2D eigenvalue weighted by molar-refractivity contribution is 7.80. The lowest BCUT2D eigenvalue weighted by atomic mass is 9.95. The van der Waals surface area contributed by atoms with E-state index in [1.165, 1.54) is 7.11 Å². The van der Waals surface area contributed by atoms with Gasteiger partial charge in [-0.05, 0) is 55.9 Å². The van der Waals surface area contributed by atoms with Crippen LogP contribution >= 0.6 is 12.2 Å². The zero-order chi connectivity index (χ0) is 22.5. The second-order valence-electron chi connectivity index (χ2n) is 6.83. The molecule has 0 spiro atoms. The van der Waals surface area contributed by atoms with E-state index >= 15 is 0 Å². The van der Waals surface area contributed by atoms with Gasteiger partial charge < -0.3 is 24.4 Å². The molecule has 31 heavy (non-hydrogen) atoms. The minimum absolute atomic E-state index is 0.258. The van der Waals surface area contributed by atoms with Crippen LogP contribution < -0.4 is 14.8 Å². The lowest BCUT2D eigenvalue weighted by Crippen LogP contribution is -2.46. The molecule has 2 aromatic rings. The van der Waals surface area contributed by atoms with Crippen LogP contribution in [0, 0.1) is 0 Å². The van der Waals surface area contributed by atoms with Crippen LogP contribution in [-0.4, -0.2) is 42.7 Å². The van der Waals surface area contributed by atoms with E-state index in [1.807, 2.05) is 13.0 Å². The molecule has 3 rings (SSSR count). The highest BCUT2D eigenvalue weighted by Crippen LogP contribution is 2.36. The second-order valence-corrected chi connectivity index (χ2v) is 7.21. The maximum atomic E-state index is 12.7. The molecular formula is C23H24N2O5S. The van der Waals surface area contributed by atoms with E-state index in [4.69, 9.17) is 26.4 Å². The Kier molecular flexibility index (Phi) is 6.91. The zero-order valence-electron chi connectivity index (χ0n) is 17.8. The van der Waals surface area contributed by atoms with Crippen LogP contribution in [0.25, 0.3) is 0 Å². The topological polar surface area (TPSA) is 77.1 Å². The molecule has 1 atom stereocenters. The molecule has 1 N–H and O–H groups in total. The zero-order valence-corrected chi connectivity index (χ0v) is 18.6. The van der Waals surface area contributed by atoms with Crippen LogP contribution in [0.4, 0.5) is 0 Å². The van der Waals surface area contributed by atoms with Crippen LogP contribution in [0.2, 0.25) is 0 Å². The molecule has 0 saturated heterocycles. The van der Waals surface area contributed by atoms with Crippen LogP contribution in [0.5, 0.6) is 11.5 Å². The Morgan fingerprint density at radius 3 is 2.45 bits per heavy atom. The van der Waals surface area contributed by atoms with Gasteiger partial charge in [0, 0.05) is 12.7 Å². The summed E-state index contributed by atoms with van der Waals surface area (Å²) in [6.07, 6.45) is 0. The van der Waals surface area contributed by atoms with E-state index in [0.717, 1.165) is 0 Å². The first-order valence-corrected chi connectivity index (χ1v) is 10.2. The summed E-state index contributed by atoms with van der Waals surface area (Å²) < 4.78 is 16.2. The number of hydrogen-bond donors (Lipinski definition) is 1. The van der Waals surface area contributed by atoms with Crippen molar-refractivity contribution in [1.29, 1.82) is 0 Å². The number of hydrogen-bond acceptors (Lipinski definition) is 6. The average molecular weight is 441 g/mol. The fourth-order valence-corrected chi connectivity index (χ4v) is 3.49. The predicted octanol–water partition coefficient (Wildman–Crippen LogP) is 3.61. The van der Waals surface area contributed by atoms with Crippen molar-refractivity contribution < 1.29 is 23.8 Å². The molecule has 0 radical (unpaired) electrons. The van der Waals surface area contributed by atoms with Gasteiger partial charge in [0.15, 0.2) is 16.6 Å². The van der Waals surface area contributed by atoms with E-state index < -0.39 is 18.0 Å². The Morgan fingerprint density at radius 1 is 1.10 bits per heavy atom. The third-order valence-electron chi connectivity index (χ3n) is 4.98. The molecule has 0 amide bonds. The van der Waals surface area contributed by atoms with Gasteiger partial charge in [-0.25, -0.2) is 9.59 Å². The van der Waals surface area contributed by atoms with Crippen LogP contribution in [0.15, 0.2) is 59.8 Å². The van der Waals surface area contributed by atoms with Crippen LogP contribution in [-0.2, 0) is 9.53 Å². The normalized spacial score (nSPS) is 15.9. The quantitative estimate of drug-likeness (QED) is 0.415. The van der Waals surface area contributed by atoms with Crippen molar-refractivity contribution in [2.75, 3.05) is 20.8 Å².